The number of rotatable bonds is 6. The average Bonchev–Trinajstić information content (AvgIpc) is 2.89. The lowest BCUT2D eigenvalue weighted by Gasteiger charge is -2.46. The van der Waals surface area contributed by atoms with Gasteiger partial charge in [-0.2, -0.15) is 0 Å². The van der Waals surface area contributed by atoms with Crippen molar-refractivity contribution in [3.8, 4) is 0 Å². The van der Waals surface area contributed by atoms with E-state index in [0.29, 0.717) is 32.3 Å². The van der Waals surface area contributed by atoms with Gasteiger partial charge in [0.2, 0.25) is 0 Å². The van der Waals surface area contributed by atoms with Crippen LogP contribution in [0.5, 0.6) is 0 Å². The monoisotopic (exact) mass is 472 g/mol. The highest BCUT2D eigenvalue weighted by Gasteiger charge is 2.44. The van der Waals surface area contributed by atoms with Crippen LogP contribution in [0, 0.1) is 17.3 Å². The Morgan fingerprint density at radius 2 is 1.44 bits per heavy atom. The summed E-state index contributed by atoms with van der Waals surface area (Å²) in [5.41, 5.74) is 2.19. The van der Waals surface area contributed by atoms with Gasteiger partial charge in [0.05, 0.1) is 31.8 Å². The Morgan fingerprint density at radius 3 is 2.06 bits per heavy atom. The van der Waals surface area contributed by atoms with Crippen LogP contribution in [0.3, 0.4) is 0 Å². The number of hydrogen-bond acceptors (Lipinski definition) is 6. The smallest absolute Gasteiger partial charge is 0.183 e. The highest BCUT2D eigenvalue weighted by Crippen LogP contribution is 2.40. The summed E-state index contributed by atoms with van der Waals surface area (Å²) < 4.78 is 24.9. The summed E-state index contributed by atoms with van der Waals surface area (Å²) in [5.74, 6) is 1.46. The fourth-order valence-electron chi connectivity index (χ4n) is 5.98. The molecule has 1 saturated carbocycles. The molecule has 3 saturated heterocycles. The van der Waals surface area contributed by atoms with Crippen molar-refractivity contribution < 1.29 is 18.9 Å². The first-order valence-electron chi connectivity index (χ1n) is 13.6. The summed E-state index contributed by atoms with van der Waals surface area (Å²) in [4.78, 5) is 4.83. The van der Waals surface area contributed by atoms with Crippen LogP contribution >= 0.6 is 0 Å². The van der Waals surface area contributed by atoms with Crippen molar-refractivity contribution >= 4 is 5.69 Å². The van der Waals surface area contributed by atoms with Crippen molar-refractivity contribution in [3.63, 3.8) is 0 Å². The van der Waals surface area contributed by atoms with Crippen molar-refractivity contribution in [2.24, 2.45) is 17.3 Å². The molecular formula is C28H44N2O4. The second kappa shape index (κ2) is 11.3. The van der Waals surface area contributed by atoms with Crippen LogP contribution in [0.1, 0.15) is 63.7 Å². The van der Waals surface area contributed by atoms with Gasteiger partial charge >= 0.3 is 0 Å². The molecule has 1 aromatic rings. The van der Waals surface area contributed by atoms with Gasteiger partial charge in [0.25, 0.3) is 0 Å². The molecule has 3 heterocycles. The third-order valence-electron chi connectivity index (χ3n) is 8.47. The van der Waals surface area contributed by atoms with Gasteiger partial charge in [-0.15, -0.1) is 0 Å². The van der Waals surface area contributed by atoms with Crippen molar-refractivity contribution in [2.75, 3.05) is 64.6 Å². The third kappa shape index (κ3) is 5.79. The molecule has 6 heteroatoms. The van der Waals surface area contributed by atoms with E-state index in [1.54, 1.807) is 0 Å². The zero-order chi connectivity index (χ0) is 23.4. The minimum Gasteiger partial charge on any atom is -0.369 e. The van der Waals surface area contributed by atoms with E-state index < -0.39 is 0 Å². The third-order valence-corrected chi connectivity index (χ3v) is 8.47. The van der Waals surface area contributed by atoms with E-state index in [9.17, 15) is 0 Å². The van der Waals surface area contributed by atoms with Crippen LogP contribution < -0.4 is 4.90 Å². The van der Waals surface area contributed by atoms with Gasteiger partial charge in [0, 0.05) is 43.3 Å². The number of benzene rings is 1. The molecule has 0 radical (unpaired) electrons. The fourth-order valence-corrected chi connectivity index (χ4v) is 5.98. The second-order valence-corrected chi connectivity index (χ2v) is 11.2. The Kier molecular flexibility index (Phi) is 8.11. The molecule has 5 rings (SSSR count). The largest absolute Gasteiger partial charge is 0.369 e. The summed E-state index contributed by atoms with van der Waals surface area (Å²) in [6.45, 7) is 9.25. The van der Waals surface area contributed by atoms with Gasteiger partial charge < -0.3 is 28.7 Å². The summed E-state index contributed by atoms with van der Waals surface area (Å²) in [6, 6.07) is 8.70. The molecule has 4 aliphatic rings. The molecule has 0 aromatic heterocycles. The van der Waals surface area contributed by atoms with E-state index in [1.807, 2.05) is 0 Å². The molecule has 0 unspecified atom stereocenters. The zero-order valence-corrected chi connectivity index (χ0v) is 21.3. The molecule has 6 nitrogen and oxygen atoms in total. The SMILES string of the molecule is CCCCC1CCC(C2OCC3(COC(c4ccc(N5CCN(C)CC5)cc4)OC3)CO2)CC1. The minimum absolute atomic E-state index is 0.0439. The number of nitrogens with zero attached hydrogens (tertiary/aromatic N) is 2. The van der Waals surface area contributed by atoms with E-state index in [4.69, 9.17) is 18.9 Å². The highest BCUT2D eigenvalue weighted by atomic mass is 16.7. The average molecular weight is 473 g/mol. The summed E-state index contributed by atoms with van der Waals surface area (Å²) in [5, 5.41) is 0. The number of piperazine rings is 1. The van der Waals surface area contributed by atoms with Gasteiger partial charge in [-0.3, -0.25) is 0 Å². The quantitative estimate of drug-likeness (QED) is 0.590. The second-order valence-electron chi connectivity index (χ2n) is 11.2. The number of ether oxygens (including phenoxy) is 4. The maximum atomic E-state index is 6.27. The van der Waals surface area contributed by atoms with Crippen molar-refractivity contribution in [1.82, 2.24) is 4.90 Å². The van der Waals surface area contributed by atoms with Gasteiger partial charge in [-0.25, -0.2) is 0 Å². The van der Waals surface area contributed by atoms with Gasteiger partial charge in [-0.1, -0.05) is 38.3 Å². The Labute approximate surface area is 205 Å². The van der Waals surface area contributed by atoms with Crippen LogP contribution in [0.25, 0.3) is 0 Å². The van der Waals surface area contributed by atoms with Crippen LogP contribution in [0.15, 0.2) is 24.3 Å². The van der Waals surface area contributed by atoms with E-state index in [-0.39, 0.29) is 18.0 Å². The summed E-state index contributed by atoms with van der Waals surface area (Å²) in [6.07, 6.45) is 8.88. The number of hydrogen-bond donors (Lipinski definition) is 0. The zero-order valence-electron chi connectivity index (χ0n) is 21.3. The number of unbranched alkanes of at least 4 members (excludes halogenated alkanes) is 1. The van der Waals surface area contributed by atoms with Crippen molar-refractivity contribution in [3.05, 3.63) is 29.8 Å². The van der Waals surface area contributed by atoms with Gasteiger partial charge in [0.15, 0.2) is 12.6 Å². The number of likely N-dealkylation sites (N-methyl/N-ethyl adjacent to an activating group) is 1. The normalized spacial score (nSPS) is 35.5. The molecule has 190 valence electrons. The predicted molar refractivity (Wildman–Crippen MR) is 134 cm³/mol. The predicted octanol–water partition coefficient (Wildman–Crippen LogP) is 4.84. The Bertz CT molecular complexity index is 738. The van der Waals surface area contributed by atoms with E-state index >= 15 is 0 Å². The highest BCUT2D eigenvalue weighted by molar-refractivity contribution is 5.48. The van der Waals surface area contributed by atoms with Crippen LogP contribution in [0.4, 0.5) is 5.69 Å². The maximum Gasteiger partial charge on any atom is 0.183 e. The van der Waals surface area contributed by atoms with E-state index in [2.05, 4.69) is 48.0 Å². The lowest BCUT2D eigenvalue weighted by Crippen LogP contribution is -2.52. The molecule has 0 atom stereocenters. The molecular weight excluding hydrogens is 428 g/mol. The Hall–Kier alpha value is -1.18. The molecule has 34 heavy (non-hydrogen) atoms. The van der Waals surface area contributed by atoms with Crippen LogP contribution in [-0.2, 0) is 18.9 Å². The fraction of sp³-hybridized carbons (Fsp3) is 0.786. The standard InChI is InChI=1S/C28H44N2O4/c1-3-4-5-22-6-8-23(9-7-22)26-31-18-28(19-32-26)20-33-27(34-21-28)24-10-12-25(13-11-24)30-16-14-29(2)15-17-30/h10-13,22-23,26-27H,3-9,14-21H2,1-2H3. The Balaban J connectivity index is 1.06. The molecule has 0 amide bonds. The number of anilines is 1. The lowest BCUT2D eigenvalue weighted by molar-refractivity contribution is -0.315. The van der Waals surface area contributed by atoms with Crippen molar-refractivity contribution in [1.29, 1.82) is 0 Å². The summed E-state index contributed by atoms with van der Waals surface area (Å²) in [7, 11) is 2.19. The first-order chi connectivity index (χ1) is 16.6. The molecule has 1 aliphatic carbocycles. The summed E-state index contributed by atoms with van der Waals surface area (Å²) >= 11 is 0. The Morgan fingerprint density at radius 1 is 0.824 bits per heavy atom. The van der Waals surface area contributed by atoms with Gasteiger partial charge in [0.1, 0.15) is 0 Å². The van der Waals surface area contributed by atoms with Crippen molar-refractivity contribution in [2.45, 2.75) is 64.4 Å². The molecule has 3 aliphatic heterocycles. The minimum atomic E-state index is -0.303. The van der Waals surface area contributed by atoms with E-state index in [1.165, 1.54) is 50.6 Å². The lowest BCUT2D eigenvalue weighted by atomic mass is 9.79. The topological polar surface area (TPSA) is 43.4 Å². The first kappa shape index (κ1) is 24.5. The molecule has 4 fully saturated rings. The molecule has 0 bridgehead atoms. The van der Waals surface area contributed by atoms with Gasteiger partial charge in [-0.05, 0) is 50.8 Å². The molecule has 1 aromatic carbocycles. The van der Waals surface area contributed by atoms with Crippen LogP contribution in [0.2, 0.25) is 0 Å². The molecule has 0 N–H and O–H groups in total. The van der Waals surface area contributed by atoms with Crippen LogP contribution in [-0.4, -0.2) is 70.8 Å². The maximum absolute atomic E-state index is 6.27. The van der Waals surface area contributed by atoms with E-state index in [0.717, 1.165) is 37.7 Å². The molecule has 1 spiro atoms. The first-order valence-corrected chi connectivity index (χ1v) is 13.6.